The number of carbonyl (C=O) groups excluding carboxylic acids is 1. The first-order valence-corrected chi connectivity index (χ1v) is 8.14. The van der Waals surface area contributed by atoms with Crippen LogP contribution in [0.5, 0.6) is 11.5 Å². The van der Waals surface area contributed by atoms with E-state index in [4.69, 9.17) is 9.47 Å². The second-order valence-electron chi connectivity index (χ2n) is 6.00. The molecule has 0 aliphatic carbocycles. The first kappa shape index (κ1) is 17.7. The average molecular weight is 359 g/mol. The van der Waals surface area contributed by atoms with E-state index < -0.39 is 35.8 Å². The molecule has 6 nitrogen and oxygen atoms in total. The predicted molar refractivity (Wildman–Crippen MR) is 90.7 cm³/mol. The number of carboxylic acid groups (broad SMARTS) is 1. The van der Waals surface area contributed by atoms with Crippen LogP contribution in [0.1, 0.15) is 18.4 Å². The number of amides is 1. The lowest BCUT2D eigenvalue weighted by molar-refractivity contribution is -0.139. The van der Waals surface area contributed by atoms with Gasteiger partial charge in [-0.1, -0.05) is 24.3 Å². The third-order valence-electron chi connectivity index (χ3n) is 4.15. The zero-order valence-corrected chi connectivity index (χ0v) is 14.0. The largest absolute Gasteiger partial charge is 0.482 e. The van der Waals surface area contributed by atoms with E-state index in [1.165, 1.54) is 24.3 Å². The highest BCUT2D eigenvalue weighted by atomic mass is 19.1. The molecule has 0 saturated heterocycles. The van der Waals surface area contributed by atoms with Gasteiger partial charge in [0.15, 0.2) is 11.5 Å². The van der Waals surface area contributed by atoms with Crippen LogP contribution in [0.25, 0.3) is 0 Å². The summed E-state index contributed by atoms with van der Waals surface area (Å²) >= 11 is 0. The highest BCUT2D eigenvalue weighted by Crippen LogP contribution is 2.33. The Hall–Kier alpha value is -3.09. The lowest BCUT2D eigenvalue weighted by Crippen LogP contribution is -2.50. The van der Waals surface area contributed by atoms with Crippen molar-refractivity contribution in [3.8, 4) is 11.5 Å². The number of para-hydroxylation sites is 2. The number of carboxylic acids is 1. The van der Waals surface area contributed by atoms with E-state index in [0.717, 1.165) is 0 Å². The van der Waals surface area contributed by atoms with E-state index in [1.54, 1.807) is 31.2 Å². The third-order valence-corrected chi connectivity index (χ3v) is 4.15. The van der Waals surface area contributed by atoms with Gasteiger partial charge in [-0.2, -0.15) is 0 Å². The molecule has 2 N–H and O–H groups in total. The number of ether oxygens (including phenoxy) is 2. The van der Waals surface area contributed by atoms with E-state index in [0.29, 0.717) is 17.1 Å². The summed E-state index contributed by atoms with van der Waals surface area (Å²) in [6.07, 6.45) is -1.42. The topological polar surface area (TPSA) is 84.9 Å². The quantitative estimate of drug-likeness (QED) is 0.856. The summed E-state index contributed by atoms with van der Waals surface area (Å²) in [5.74, 6) is -2.02. The molecule has 3 rings (SSSR count). The maximum absolute atomic E-state index is 13.0. The Kier molecular flexibility index (Phi) is 5.06. The molecule has 0 spiro atoms. The number of halogens is 1. The molecule has 1 aliphatic heterocycles. The Bertz CT molecular complexity index is 808. The number of hydrogen-bond donors (Lipinski definition) is 2. The van der Waals surface area contributed by atoms with Crippen LogP contribution < -0.4 is 14.8 Å². The second-order valence-corrected chi connectivity index (χ2v) is 6.00. The van der Waals surface area contributed by atoms with Gasteiger partial charge >= 0.3 is 5.97 Å². The molecule has 0 aromatic heterocycles. The lowest BCUT2D eigenvalue weighted by Gasteiger charge is -2.31. The summed E-state index contributed by atoms with van der Waals surface area (Å²) in [6.45, 7) is 1.56. The molecular formula is C19H18FNO5. The molecule has 0 radical (unpaired) electrons. The predicted octanol–water partition coefficient (Wildman–Crippen LogP) is 2.34. The number of carbonyl (C=O) groups is 2. The minimum atomic E-state index is -1.11. The number of aliphatic carboxylic acids is 1. The van der Waals surface area contributed by atoms with Gasteiger partial charge in [0.25, 0.3) is 5.91 Å². The summed E-state index contributed by atoms with van der Waals surface area (Å²) < 4.78 is 24.4. The molecule has 7 heteroatoms. The lowest BCUT2D eigenvalue weighted by atomic mass is 9.99. The van der Waals surface area contributed by atoms with Crippen molar-refractivity contribution in [1.82, 2.24) is 5.32 Å². The highest BCUT2D eigenvalue weighted by Gasteiger charge is 2.34. The molecule has 1 aliphatic rings. The number of hydrogen-bond acceptors (Lipinski definition) is 4. The second kappa shape index (κ2) is 7.43. The standard InChI is InChI=1S/C19H18FNO5/c1-11-17(26-16-5-3-2-4-15(16)25-11)18(22)21-10-14(19(23)24)12-6-8-13(20)9-7-12/h2-9,11,14,17H,10H2,1H3,(H,21,22)(H,23,24). The number of benzene rings is 2. The van der Waals surface area contributed by atoms with Crippen molar-refractivity contribution in [2.75, 3.05) is 6.54 Å². The normalized spacial score (nSPS) is 19.5. The molecule has 0 saturated carbocycles. The van der Waals surface area contributed by atoms with E-state index in [1.807, 2.05) is 0 Å². The van der Waals surface area contributed by atoms with Gasteiger partial charge in [0.05, 0.1) is 5.92 Å². The Balaban J connectivity index is 1.67. The number of fused-ring (bicyclic) bond motifs is 1. The minimum absolute atomic E-state index is 0.145. The molecule has 3 unspecified atom stereocenters. The fraction of sp³-hybridized carbons (Fsp3) is 0.263. The fourth-order valence-electron chi connectivity index (χ4n) is 2.75. The van der Waals surface area contributed by atoms with Crippen LogP contribution in [0, 0.1) is 5.82 Å². The van der Waals surface area contributed by atoms with E-state index in [-0.39, 0.29) is 6.54 Å². The summed E-state index contributed by atoms with van der Waals surface area (Å²) in [4.78, 5) is 24.0. The Morgan fingerprint density at radius 3 is 2.35 bits per heavy atom. The zero-order chi connectivity index (χ0) is 18.7. The van der Waals surface area contributed by atoms with E-state index >= 15 is 0 Å². The van der Waals surface area contributed by atoms with Gasteiger partial charge in [0, 0.05) is 6.54 Å². The molecule has 1 amide bonds. The van der Waals surface area contributed by atoms with Gasteiger partial charge < -0.3 is 19.9 Å². The zero-order valence-electron chi connectivity index (χ0n) is 14.0. The van der Waals surface area contributed by atoms with Crippen LogP contribution in [0.2, 0.25) is 0 Å². The maximum Gasteiger partial charge on any atom is 0.312 e. The summed E-state index contributed by atoms with van der Waals surface area (Å²) in [6, 6.07) is 12.2. The minimum Gasteiger partial charge on any atom is -0.482 e. The highest BCUT2D eigenvalue weighted by molar-refractivity contribution is 5.83. The van der Waals surface area contributed by atoms with Crippen LogP contribution in [-0.4, -0.2) is 35.7 Å². The van der Waals surface area contributed by atoms with Crippen LogP contribution in [0.4, 0.5) is 4.39 Å². The average Bonchev–Trinajstić information content (AvgIpc) is 2.62. The summed E-state index contributed by atoms with van der Waals surface area (Å²) in [7, 11) is 0. The first-order valence-electron chi connectivity index (χ1n) is 8.14. The van der Waals surface area contributed by atoms with E-state index in [9.17, 15) is 19.1 Å². The summed E-state index contributed by atoms with van der Waals surface area (Å²) in [5.41, 5.74) is 0.401. The van der Waals surface area contributed by atoms with Crippen LogP contribution in [0.3, 0.4) is 0 Å². The molecule has 2 aromatic carbocycles. The van der Waals surface area contributed by atoms with Crippen LogP contribution in [0.15, 0.2) is 48.5 Å². The van der Waals surface area contributed by atoms with Crippen molar-refractivity contribution in [3.63, 3.8) is 0 Å². The molecule has 0 bridgehead atoms. The Morgan fingerprint density at radius 1 is 1.12 bits per heavy atom. The molecule has 2 aromatic rings. The fourth-order valence-corrected chi connectivity index (χ4v) is 2.75. The van der Waals surface area contributed by atoms with Crippen molar-refractivity contribution in [2.45, 2.75) is 25.0 Å². The first-order chi connectivity index (χ1) is 12.5. The van der Waals surface area contributed by atoms with Crippen LogP contribution >= 0.6 is 0 Å². The van der Waals surface area contributed by atoms with Crippen LogP contribution in [-0.2, 0) is 9.59 Å². The SMILES string of the molecule is CC1Oc2ccccc2OC1C(=O)NCC(C(=O)O)c1ccc(F)cc1. The Morgan fingerprint density at radius 2 is 1.73 bits per heavy atom. The van der Waals surface area contributed by atoms with Crippen molar-refractivity contribution in [3.05, 3.63) is 59.9 Å². The number of rotatable bonds is 5. The third kappa shape index (κ3) is 3.77. The molecule has 0 fully saturated rings. The van der Waals surface area contributed by atoms with Gasteiger partial charge in [-0.25, -0.2) is 4.39 Å². The van der Waals surface area contributed by atoms with Crippen molar-refractivity contribution < 1.29 is 28.6 Å². The smallest absolute Gasteiger partial charge is 0.312 e. The maximum atomic E-state index is 13.0. The Labute approximate surface area is 149 Å². The van der Waals surface area contributed by atoms with Gasteiger partial charge in [0.1, 0.15) is 11.9 Å². The van der Waals surface area contributed by atoms with Gasteiger partial charge in [-0.15, -0.1) is 0 Å². The van der Waals surface area contributed by atoms with Gasteiger partial charge in [-0.3, -0.25) is 9.59 Å². The number of nitrogens with one attached hydrogen (secondary N) is 1. The molecule has 1 heterocycles. The van der Waals surface area contributed by atoms with Crippen molar-refractivity contribution >= 4 is 11.9 Å². The molecular weight excluding hydrogens is 341 g/mol. The molecule has 26 heavy (non-hydrogen) atoms. The monoisotopic (exact) mass is 359 g/mol. The van der Waals surface area contributed by atoms with Crippen molar-refractivity contribution in [1.29, 1.82) is 0 Å². The van der Waals surface area contributed by atoms with Gasteiger partial charge in [-0.05, 0) is 36.8 Å². The summed E-state index contributed by atoms with van der Waals surface area (Å²) in [5, 5.41) is 12.0. The molecule has 136 valence electrons. The molecule has 3 atom stereocenters. The van der Waals surface area contributed by atoms with Gasteiger partial charge in [0.2, 0.25) is 6.10 Å². The van der Waals surface area contributed by atoms with E-state index in [2.05, 4.69) is 5.32 Å². The van der Waals surface area contributed by atoms with Crippen molar-refractivity contribution in [2.24, 2.45) is 0 Å².